The van der Waals surface area contributed by atoms with Gasteiger partial charge < -0.3 is 15.2 Å². The lowest BCUT2D eigenvalue weighted by atomic mass is 10.0. The summed E-state index contributed by atoms with van der Waals surface area (Å²) in [6, 6.07) is 17.1. The molecule has 0 radical (unpaired) electrons. The largest absolute Gasteiger partial charge is 0.356 e. The summed E-state index contributed by atoms with van der Waals surface area (Å²) < 4.78 is 2.19. The molecule has 2 aromatic carbocycles. The zero-order valence-electron chi connectivity index (χ0n) is 15.8. The van der Waals surface area contributed by atoms with E-state index in [4.69, 9.17) is 11.6 Å². The van der Waals surface area contributed by atoms with E-state index >= 15 is 0 Å². The first-order valence-electron chi connectivity index (χ1n) is 9.36. The summed E-state index contributed by atoms with van der Waals surface area (Å²) in [4.78, 5) is 23.9. The van der Waals surface area contributed by atoms with Crippen molar-refractivity contribution < 1.29 is 9.59 Å². The molecule has 0 saturated heterocycles. The number of nitrogens with one attached hydrogen (secondary N) is 2. The number of halogens is 1. The molecule has 0 bridgehead atoms. The Labute approximate surface area is 169 Å². The number of amides is 2. The number of nitrogens with zero attached hydrogens (tertiary/aromatic N) is 1. The van der Waals surface area contributed by atoms with Crippen LogP contribution in [-0.4, -0.2) is 22.9 Å². The molecule has 1 heterocycles. The van der Waals surface area contributed by atoms with Crippen molar-refractivity contribution in [3.63, 3.8) is 0 Å². The normalized spacial score (nSPS) is 11.9. The molecule has 0 fully saturated rings. The SMILES string of the molecule is CC(=O)NC(CC(=O)NCCCn1ccc2ccccc21)c1ccc(Cl)cc1. The maximum atomic E-state index is 12.4. The lowest BCUT2D eigenvalue weighted by molar-refractivity contribution is -0.122. The van der Waals surface area contributed by atoms with Crippen LogP contribution in [0.4, 0.5) is 0 Å². The number of carbonyl (C=O) groups excluding carboxylic acids is 2. The Balaban J connectivity index is 1.50. The fourth-order valence-electron chi connectivity index (χ4n) is 3.26. The van der Waals surface area contributed by atoms with Crippen molar-refractivity contribution in [2.45, 2.75) is 32.4 Å². The Morgan fingerprint density at radius 2 is 1.82 bits per heavy atom. The van der Waals surface area contributed by atoms with Gasteiger partial charge in [0.05, 0.1) is 12.5 Å². The van der Waals surface area contributed by atoms with Crippen molar-refractivity contribution >= 4 is 34.3 Å². The minimum absolute atomic E-state index is 0.0916. The number of hydrogen-bond acceptors (Lipinski definition) is 2. The molecular formula is C22H24ClN3O2. The lowest BCUT2D eigenvalue weighted by Crippen LogP contribution is -2.33. The second kappa shape index (κ2) is 9.42. The van der Waals surface area contributed by atoms with Gasteiger partial charge in [0.2, 0.25) is 11.8 Å². The average molecular weight is 398 g/mol. The standard InChI is InChI=1S/C22H24ClN3O2/c1-16(27)25-20(17-7-9-19(23)10-8-17)15-22(28)24-12-4-13-26-14-11-18-5-2-3-6-21(18)26/h2-3,5-11,14,20H,4,12-13,15H2,1H3,(H,24,28)(H,25,27). The molecule has 0 aliphatic heterocycles. The molecule has 1 atom stereocenters. The fourth-order valence-corrected chi connectivity index (χ4v) is 3.39. The highest BCUT2D eigenvalue weighted by Crippen LogP contribution is 2.19. The molecule has 146 valence electrons. The van der Waals surface area contributed by atoms with Gasteiger partial charge in [0.1, 0.15) is 0 Å². The van der Waals surface area contributed by atoms with Crippen LogP contribution in [0.2, 0.25) is 5.02 Å². The number of fused-ring (bicyclic) bond motifs is 1. The van der Waals surface area contributed by atoms with Crippen LogP contribution in [-0.2, 0) is 16.1 Å². The molecule has 0 aliphatic carbocycles. The second-order valence-corrected chi connectivity index (χ2v) is 7.22. The predicted octanol–water partition coefficient (Wildman–Crippen LogP) is 4.07. The monoisotopic (exact) mass is 397 g/mol. The first-order valence-corrected chi connectivity index (χ1v) is 9.74. The Morgan fingerprint density at radius 1 is 1.07 bits per heavy atom. The van der Waals surface area contributed by atoms with Crippen LogP contribution in [0.3, 0.4) is 0 Å². The van der Waals surface area contributed by atoms with Gasteiger partial charge in [-0.05, 0) is 41.6 Å². The molecule has 0 aliphatic rings. The highest BCUT2D eigenvalue weighted by molar-refractivity contribution is 6.30. The number of carbonyl (C=O) groups is 2. The molecule has 28 heavy (non-hydrogen) atoms. The molecule has 3 aromatic rings. The maximum absolute atomic E-state index is 12.4. The third-order valence-corrected chi connectivity index (χ3v) is 4.87. The number of rotatable bonds is 8. The highest BCUT2D eigenvalue weighted by Gasteiger charge is 2.17. The highest BCUT2D eigenvalue weighted by atomic mass is 35.5. The molecule has 6 heteroatoms. The molecule has 2 amide bonds. The van der Waals surface area contributed by atoms with Crippen molar-refractivity contribution in [2.24, 2.45) is 0 Å². The maximum Gasteiger partial charge on any atom is 0.222 e. The van der Waals surface area contributed by atoms with E-state index in [1.807, 2.05) is 24.3 Å². The minimum atomic E-state index is -0.372. The Kier molecular flexibility index (Phi) is 6.71. The summed E-state index contributed by atoms with van der Waals surface area (Å²) in [5.74, 6) is -0.265. The number of para-hydroxylation sites is 1. The van der Waals surface area contributed by atoms with Crippen molar-refractivity contribution in [1.29, 1.82) is 0 Å². The summed E-state index contributed by atoms with van der Waals surface area (Å²) in [5.41, 5.74) is 2.05. The van der Waals surface area contributed by atoms with Crippen LogP contribution in [0.1, 0.15) is 31.4 Å². The van der Waals surface area contributed by atoms with Gasteiger partial charge in [0.15, 0.2) is 0 Å². The molecular weight excluding hydrogens is 374 g/mol. The molecule has 1 unspecified atom stereocenters. The van der Waals surface area contributed by atoms with Crippen LogP contribution < -0.4 is 10.6 Å². The van der Waals surface area contributed by atoms with E-state index in [2.05, 4.69) is 39.6 Å². The van der Waals surface area contributed by atoms with E-state index < -0.39 is 0 Å². The van der Waals surface area contributed by atoms with E-state index in [1.54, 1.807) is 12.1 Å². The van der Waals surface area contributed by atoms with Crippen molar-refractivity contribution in [1.82, 2.24) is 15.2 Å². The first kappa shape index (κ1) is 20.0. The van der Waals surface area contributed by atoms with E-state index in [9.17, 15) is 9.59 Å². The van der Waals surface area contributed by atoms with Gasteiger partial charge in [0.25, 0.3) is 0 Å². The lowest BCUT2D eigenvalue weighted by Gasteiger charge is -2.18. The van der Waals surface area contributed by atoms with Gasteiger partial charge in [-0.1, -0.05) is 41.9 Å². The summed E-state index contributed by atoms with van der Waals surface area (Å²) in [6.07, 6.45) is 3.09. The fraction of sp³-hybridized carbons (Fsp3) is 0.273. The third kappa shape index (κ3) is 5.36. The number of aromatic nitrogens is 1. The van der Waals surface area contributed by atoms with Gasteiger partial charge in [-0.25, -0.2) is 0 Å². The van der Waals surface area contributed by atoms with Gasteiger partial charge in [0, 0.05) is 36.7 Å². The second-order valence-electron chi connectivity index (χ2n) is 6.78. The zero-order chi connectivity index (χ0) is 19.9. The first-order chi connectivity index (χ1) is 13.5. The number of hydrogen-bond donors (Lipinski definition) is 2. The van der Waals surface area contributed by atoms with Gasteiger partial charge in [-0.15, -0.1) is 0 Å². The Bertz CT molecular complexity index is 950. The zero-order valence-corrected chi connectivity index (χ0v) is 16.6. The van der Waals surface area contributed by atoms with E-state index in [0.29, 0.717) is 11.6 Å². The van der Waals surface area contributed by atoms with E-state index in [0.717, 1.165) is 18.5 Å². The average Bonchev–Trinajstić information content (AvgIpc) is 3.08. The van der Waals surface area contributed by atoms with Crippen LogP contribution in [0.15, 0.2) is 60.8 Å². The Hall–Kier alpha value is -2.79. The quantitative estimate of drug-likeness (QED) is 0.563. The third-order valence-electron chi connectivity index (χ3n) is 4.62. The molecule has 2 N–H and O–H groups in total. The van der Waals surface area contributed by atoms with Crippen molar-refractivity contribution in [3.05, 3.63) is 71.4 Å². The topological polar surface area (TPSA) is 63.1 Å². The molecule has 5 nitrogen and oxygen atoms in total. The summed E-state index contributed by atoms with van der Waals surface area (Å²) in [6.45, 7) is 2.86. The molecule has 0 spiro atoms. The van der Waals surface area contributed by atoms with Gasteiger partial charge in [-0.3, -0.25) is 9.59 Å². The number of aryl methyl sites for hydroxylation is 1. The number of benzene rings is 2. The minimum Gasteiger partial charge on any atom is -0.356 e. The van der Waals surface area contributed by atoms with E-state index in [-0.39, 0.29) is 24.3 Å². The molecule has 1 aromatic heterocycles. The van der Waals surface area contributed by atoms with Crippen LogP contribution in [0.25, 0.3) is 10.9 Å². The van der Waals surface area contributed by atoms with Crippen molar-refractivity contribution in [2.75, 3.05) is 6.54 Å². The molecule has 3 rings (SSSR count). The van der Waals surface area contributed by atoms with E-state index in [1.165, 1.54) is 17.8 Å². The smallest absolute Gasteiger partial charge is 0.222 e. The van der Waals surface area contributed by atoms with Crippen LogP contribution >= 0.6 is 11.6 Å². The van der Waals surface area contributed by atoms with Gasteiger partial charge in [-0.2, -0.15) is 0 Å². The van der Waals surface area contributed by atoms with Crippen LogP contribution in [0.5, 0.6) is 0 Å². The summed E-state index contributed by atoms with van der Waals surface area (Å²) in [7, 11) is 0. The molecule has 0 saturated carbocycles. The van der Waals surface area contributed by atoms with Gasteiger partial charge >= 0.3 is 0 Å². The predicted molar refractivity (Wildman–Crippen MR) is 112 cm³/mol. The van der Waals surface area contributed by atoms with Crippen LogP contribution in [0, 0.1) is 0 Å². The Morgan fingerprint density at radius 3 is 2.57 bits per heavy atom. The summed E-state index contributed by atoms with van der Waals surface area (Å²) >= 11 is 5.92. The summed E-state index contributed by atoms with van der Waals surface area (Å²) in [5, 5.41) is 7.61. The van der Waals surface area contributed by atoms with Crippen molar-refractivity contribution in [3.8, 4) is 0 Å².